The molecule has 0 aromatic heterocycles. The van der Waals surface area contributed by atoms with Gasteiger partial charge in [0.2, 0.25) is 11.8 Å². The molecule has 2 amide bonds. The van der Waals surface area contributed by atoms with Crippen LogP contribution in [0.2, 0.25) is 0 Å². The highest BCUT2D eigenvalue weighted by Crippen LogP contribution is 2.24. The molecular weight excluding hydrogens is 338 g/mol. The number of hydrogen-bond acceptors (Lipinski definition) is 3. The van der Waals surface area contributed by atoms with Gasteiger partial charge in [0.1, 0.15) is 0 Å². The zero-order chi connectivity index (χ0) is 17.2. The molecule has 1 atom stereocenters. The molecule has 0 spiro atoms. The number of hydrogen-bond donors (Lipinski definition) is 3. The zero-order valence-corrected chi connectivity index (χ0v) is 16.5. The van der Waals surface area contributed by atoms with Crippen molar-refractivity contribution in [2.45, 2.75) is 89.6 Å². The van der Waals surface area contributed by atoms with Crippen LogP contribution in [0.1, 0.15) is 77.6 Å². The zero-order valence-electron chi connectivity index (χ0n) is 15.6. The van der Waals surface area contributed by atoms with Crippen LogP contribution in [-0.2, 0) is 9.59 Å². The maximum absolute atomic E-state index is 12.0. The minimum Gasteiger partial charge on any atom is -0.355 e. The second kappa shape index (κ2) is 12.5. The van der Waals surface area contributed by atoms with E-state index in [2.05, 4.69) is 16.0 Å². The van der Waals surface area contributed by atoms with Crippen molar-refractivity contribution in [3.63, 3.8) is 0 Å². The van der Waals surface area contributed by atoms with E-state index < -0.39 is 0 Å². The molecule has 0 radical (unpaired) electrons. The highest BCUT2D eigenvalue weighted by atomic mass is 35.5. The third kappa shape index (κ3) is 8.91. The van der Waals surface area contributed by atoms with Crippen LogP contribution in [0.5, 0.6) is 0 Å². The van der Waals surface area contributed by atoms with Gasteiger partial charge in [0.05, 0.1) is 0 Å². The molecule has 2 aliphatic rings. The van der Waals surface area contributed by atoms with Gasteiger partial charge in [-0.25, -0.2) is 0 Å². The van der Waals surface area contributed by atoms with E-state index in [1.54, 1.807) is 0 Å². The van der Waals surface area contributed by atoms with E-state index in [9.17, 15) is 9.59 Å². The third-order valence-electron chi connectivity index (χ3n) is 5.34. The Bertz CT molecular complexity index is 392. The van der Waals surface area contributed by atoms with Gasteiger partial charge in [-0.15, -0.1) is 12.4 Å². The lowest BCUT2D eigenvalue weighted by atomic mass is 10.1. The molecule has 1 unspecified atom stereocenters. The van der Waals surface area contributed by atoms with Crippen molar-refractivity contribution in [3.05, 3.63) is 0 Å². The smallest absolute Gasteiger partial charge is 0.223 e. The number of amides is 2. The van der Waals surface area contributed by atoms with Gasteiger partial charge in [-0.2, -0.15) is 0 Å². The van der Waals surface area contributed by atoms with Gasteiger partial charge in [0.15, 0.2) is 0 Å². The van der Waals surface area contributed by atoms with Crippen LogP contribution >= 0.6 is 12.4 Å². The molecular formula is C19H36ClN3O2. The summed E-state index contributed by atoms with van der Waals surface area (Å²) in [4.78, 5) is 24.0. The molecule has 0 aliphatic heterocycles. The molecule has 25 heavy (non-hydrogen) atoms. The summed E-state index contributed by atoms with van der Waals surface area (Å²) in [7, 11) is 0. The maximum atomic E-state index is 12.0. The molecule has 6 heteroatoms. The molecule has 146 valence electrons. The minimum absolute atomic E-state index is 0. The van der Waals surface area contributed by atoms with Gasteiger partial charge >= 0.3 is 0 Å². The molecule has 5 nitrogen and oxygen atoms in total. The second-order valence-electron chi connectivity index (χ2n) is 7.59. The Hall–Kier alpha value is -0.810. The summed E-state index contributed by atoms with van der Waals surface area (Å²) in [5, 5.41) is 9.50. The van der Waals surface area contributed by atoms with Crippen molar-refractivity contribution in [1.82, 2.24) is 16.0 Å². The monoisotopic (exact) mass is 373 g/mol. The summed E-state index contributed by atoms with van der Waals surface area (Å²) in [5.41, 5.74) is 0. The fourth-order valence-electron chi connectivity index (χ4n) is 3.91. The molecule has 2 rings (SSSR count). The molecule has 3 N–H and O–H groups in total. The first-order valence-electron chi connectivity index (χ1n) is 9.95. The SMILES string of the molecule is CC(CC(=O)NCCNC1CCCCCC1)NC(=O)C1CCCC1.Cl. The summed E-state index contributed by atoms with van der Waals surface area (Å²) in [5.74, 6) is 0.319. The van der Waals surface area contributed by atoms with Gasteiger partial charge in [0, 0.05) is 37.5 Å². The van der Waals surface area contributed by atoms with Crippen molar-refractivity contribution in [2.24, 2.45) is 5.92 Å². The first kappa shape index (κ1) is 22.2. The number of nitrogens with one attached hydrogen (secondary N) is 3. The Morgan fingerprint density at radius 1 is 0.920 bits per heavy atom. The fourth-order valence-corrected chi connectivity index (χ4v) is 3.91. The second-order valence-corrected chi connectivity index (χ2v) is 7.59. The van der Waals surface area contributed by atoms with Gasteiger partial charge in [0.25, 0.3) is 0 Å². The number of carbonyl (C=O) groups excluding carboxylic acids is 2. The predicted molar refractivity (Wildman–Crippen MR) is 104 cm³/mol. The Morgan fingerprint density at radius 3 is 2.16 bits per heavy atom. The average Bonchev–Trinajstić information content (AvgIpc) is 2.96. The van der Waals surface area contributed by atoms with Crippen LogP contribution < -0.4 is 16.0 Å². The van der Waals surface area contributed by atoms with E-state index >= 15 is 0 Å². The highest BCUT2D eigenvalue weighted by Gasteiger charge is 2.24. The summed E-state index contributed by atoms with van der Waals surface area (Å²) in [6, 6.07) is 0.530. The van der Waals surface area contributed by atoms with E-state index in [1.807, 2.05) is 6.92 Å². The maximum Gasteiger partial charge on any atom is 0.223 e. The fraction of sp³-hybridized carbons (Fsp3) is 0.895. The normalized spacial score (nSPS) is 20.4. The van der Waals surface area contributed by atoms with Crippen LogP contribution in [-0.4, -0.2) is 37.0 Å². The van der Waals surface area contributed by atoms with Crippen molar-refractivity contribution in [3.8, 4) is 0 Å². The number of halogens is 1. The van der Waals surface area contributed by atoms with E-state index in [-0.39, 0.29) is 36.2 Å². The lowest BCUT2D eigenvalue weighted by molar-refractivity contribution is -0.126. The molecule has 2 saturated carbocycles. The molecule has 0 saturated heterocycles. The minimum atomic E-state index is -0.0899. The van der Waals surface area contributed by atoms with Gasteiger partial charge < -0.3 is 16.0 Å². The molecule has 0 aromatic rings. The predicted octanol–water partition coefficient (Wildman–Crippen LogP) is 2.92. The Kier molecular flexibility index (Phi) is 11.1. The van der Waals surface area contributed by atoms with Crippen LogP contribution in [0.25, 0.3) is 0 Å². The highest BCUT2D eigenvalue weighted by molar-refractivity contribution is 5.85. The summed E-state index contributed by atoms with van der Waals surface area (Å²) >= 11 is 0. The molecule has 0 heterocycles. The van der Waals surface area contributed by atoms with Crippen LogP contribution in [0.4, 0.5) is 0 Å². The number of carbonyl (C=O) groups is 2. The van der Waals surface area contributed by atoms with Crippen molar-refractivity contribution < 1.29 is 9.59 Å². The van der Waals surface area contributed by atoms with E-state index in [1.165, 1.54) is 38.5 Å². The summed E-state index contributed by atoms with van der Waals surface area (Å²) in [6.07, 6.45) is 12.6. The number of rotatable bonds is 8. The quantitative estimate of drug-likeness (QED) is 0.452. The molecule has 2 aliphatic carbocycles. The Balaban J connectivity index is 0.00000312. The molecule has 0 bridgehead atoms. The van der Waals surface area contributed by atoms with Crippen molar-refractivity contribution >= 4 is 24.2 Å². The average molecular weight is 374 g/mol. The van der Waals surface area contributed by atoms with Crippen LogP contribution in [0.15, 0.2) is 0 Å². The van der Waals surface area contributed by atoms with Crippen LogP contribution in [0, 0.1) is 5.92 Å². The van der Waals surface area contributed by atoms with Crippen LogP contribution in [0.3, 0.4) is 0 Å². The van der Waals surface area contributed by atoms with Gasteiger partial charge in [-0.3, -0.25) is 9.59 Å². The standard InChI is InChI=1S/C19H35N3O2.ClH/c1-15(22-19(24)16-8-6-7-9-16)14-18(23)21-13-12-20-17-10-4-2-3-5-11-17;/h15-17,20H,2-14H2,1H3,(H,21,23)(H,22,24);1H. The van der Waals surface area contributed by atoms with Crippen molar-refractivity contribution in [2.75, 3.05) is 13.1 Å². The van der Waals surface area contributed by atoms with E-state index in [4.69, 9.17) is 0 Å². The first-order valence-corrected chi connectivity index (χ1v) is 9.95. The molecule has 2 fully saturated rings. The Morgan fingerprint density at radius 2 is 1.52 bits per heavy atom. The first-order chi connectivity index (χ1) is 11.6. The topological polar surface area (TPSA) is 70.2 Å². The largest absolute Gasteiger partial charge is 0.355 e. The summed E-state index contributed by atoms with van der Waals surface area (Å²) in [6.45, 7) is 3.41. The lowest BCUT2D eigenvalue weighted by Gasteiger charge is -2.18. The lowest BCUT2D eigenvalue weighted by Crippen LogP contribution is -2.41. The van der Waals surface area contributed by atoms with Crippen molar-refractivity contribution in [1.29, 1.82) is 0 Å². The van der Waals surface area contributed by atoms with Gasteiger partial charge in [-0.1, -0.05) is 38.5 Å². The summed E-state index contributed by atoms with van der Waals surface area (Å²) < 4.78 is 0. The third-order valence-corrected chi connectivity index (χ3v) is 5.34. The van der Waals surface area contributed by atoms with E-state index in [0.29, 0.717) is 19.0 Å². The van der Waals surface area contributed by atoms with Gasteiger partial charge in [-0.05, 0) is 32.6 Å². The Labute approximate surface area is 158 Å². The van der Waals surface area contributed by atoms with E-state index in [0.717, 1.165) is 32.2 Å². The molecule has 0 aromatic carbocycles.